The second-order valence-corrected chi connectivity index (χ2v) is 6.20. The van der Waals surface area contributed by atoms with Gasteiger partial charge in [-0.05, 0) is 6.07 Å². The van der Waals surface area contributed by atoms with E-state index < -0.39 is 0 Å². The van der Waals surface area contributed by atoms with E-state index in [2.05, 4.69) is 30.0 Å². The minimum atomic E-state index is 0.616. The van der Waals surface area contributed by atoms with E-state index in [9.17, 15) is 0 Å². The van der Waals surface area contributed by atoms with Gasteiger partial charge in [0.05, 0.1) is 5.02 Å². The zero-order valence-electron chi connectivity index (χ0n) is 13.6. The normalized spacial score (nSPS) is 14.6. The predicted octanol–water partition coefficient (Wildman–Crippen LogP) is 2.91. The molecule has 0 radical (unpaired) electrons. The Morgan fingerprint density at radius 3 is 2.16 bits per heavy atom. The van der Waals surface area contributed by atoms with Crippen LogP contribution in [-0.2, 0) is 0 Å². The summed E-state index contributed by atoms with van der Waals surface area (Å²) in [6.45, 7) is 3.33. The Balaban J connectivity index is 1.48. The number of anilines is 2. The lowest BCUT2D eigenvalue weighted by molar-refractivity contribution is 0.631. The minimum absolute atomic E-state index is 0.616. The molecule has 1 aliphatic rings. The molecule has 25 heavy (non-hydrogen) atoms. The van der Waals surface area contributed by atoms with Crippen molar-refractivity contribution >= 4 is 23.4 Å². The lowest BCUT2D eigenvalue weighted by Crippen LogP contribution is -2.47. The second-order valence-electron chi connectivity index (χ2n) is 5.79. The van der Waals surface area contributed by atoms with Crippen molar-refractivity contribution in [2.24, 2.45) is 0 Å². The fourth-order valence-corrected chi connectivity index (χ4v) is 3.14. The van der Waals surface area contributed by atoms with Gasteiger partial charge in [0.1, 0.15) is 5.69 Å². The molecule has 0 N–H and O–H groups in total. The van der Waals surface area contributed by atoms with Gasteiger partial charge in [-0.25, -0.2) is 9.97 Å². The Kier molecular flexibility index (Phi) is 4.43. The van der Waals surface area contributed by atoms with Crippen LogP contribution >= 0.6 is 11.6 Å². The van der Waals surface area contributed by atoms with Crippen LogP contribution in [0.15, 0.2) is 54.9 Å². The lowest BCUT2D eigenvalue weighted by atomic mass is 10.1. The molecule has 3 aromatic rings. The number of hydrogen-bond acceptors (Lipinski definition) is 6. The largest absolute Gasteiger partial charge is 0.352 e. The molecule has 0 aliphatic carbocycles. The maximum Gasteiger partial charge on any atom is 0.225 e. The average molecular weight is 353 g/mol. The number of rotatable bonds is 3. The summed E-state index contributed by atoms with van der Waals surface area (Å²) in [6.07, 6.45) is 3.53. The summed E-state index contributed by atoms with van der Waals surface area (Å²) in [5, 5.41) is 9.33. The standard InChI is InChI=1S/C18H17ClN6/c19-15-13-16(22-23-17(15)14-5-2-1-3-6-14)24-9-11-25(12-10-24)18-20-7-4-8-21-18/h1-8,13H,9-12H2. The molecule has 126 valence electrons. The predicted molar refractivity (Wildman–Crippen MR) is 98.9 cm³/mol. The van der Waals surface area contributed by atoms with Crippen LogP contribution in [0, 0.1) is 0 Å². The first-order valence-electron chi connectivity index (χ1n) is 8.17. The van der Waals surface area contributed by atoms with E-state index in [0.29, 0.717) is 10.7 Å². The number of nitrogens with zero attached hydrogens (tertiary/aromatic N) is 6. The molecule has 1 saturated heterocycles. The SMILES string of the molecule is Clc1cc(N2CCN(c3ncccn3)CC2)nnc1-c1ccccc1. The maximum absolute atomic E-state index is 6.45. The molecule has 1 aliphatic heterocycles. The Hall–Kier alpha value is -2.73. The van der Waals surface area contributed by atoms with Crippen LogP contribution < -0.4 is 9.80 Å². The summed E-state index contributed by atoms with van der Waals surface area (Å²) >= 11 is 6.45. The molecule has 2 aromatic heterocycles. The van der Waals surface area contributed by atoms with Crippen LogP contribution in [0.4, 0.5) is 11.8 Å². The molecule has 0 bridgehead atoms. The fraction of sp³-hybridized carbons (Fsp3) is 0.222. The van der Waals surface area contributed by atoms with Crippen molar-refractivity contribution in [3.8, 4) is 11.3 Å². The van der Waals surface area contributed by atoms with Gasteiger partial charge in [-0.2, -0.15) is 0 Å². The summed E-state index contributed by atoms with van der Waals surface area (Å²) in [6, 6.07) is 13.6. The van der Waals surface area contributed by atoms with E-state index >= 15 is 0 Å². The highest BCUT2D eigenvalue weighted by atomic mass is 35.5. The topological polar surface area (TPSA) is 58.0 Å². The van der Waals surface area contributed by atoms with Crippen molar-refractivity contribution in [3.05, 3.63) is 59.9 Å². The van der Waals surface area contributed by atoms with Crippen molar-refractivity contribution in [2.45, 2.75) is 0 Å². The van der Waals surface area contributed by atoms with E-state index in [1.165, 1.54) is 0 Å². The summed E-state index contributed by atoms with van der Waals surface area (Å²) in [4.78, 5) is 13.0. The highest BCUT2D eigenvalue weighted by molar-refractivity contribution is 6.33. The molecule has 0 unspecified atom stereocenters. The third-order valence-electron chi connectivity index (χ3n) is 4.22. The zero-order chi connectivity index (χ0) is 17.1. The molecule has 0 amide bonds. The highest BCUT2D eigenvalue weighted by Crippen LogP contribution is 2.28. The molecule has 0 saturated carbocycles. The van der Waals surface area contributed by atoms with E-state index in [4.69, 9.17) is 11.6 Å². The Labute approximate surface area is 151 Å². The molecule has 7 heteroatoms. The molecular weight excluding hydrogens is 336 g/mol. The first-order chi connectivity index (χ1) is 12.3. The van der Waals surface area contributed by atoms with E-state index in [0.717, 1.165) is 43.5 Å². The van der Waals surface area contributed by atoms with Gasteiger partial charge in [0.25, 0.3) is 0 Å². The first kappa shape index (κ1) is 15.8. The van der Waals surface area contributed by atoms with Gasteiger partial charge in [-0.15, -0.1) is 10.2 Å². The van der Waals surface area contributed by atoms with Gasteiger partial charge in [0.15, 0.2) is 5.82 Å². The number of hydrogen-bond donors (Lipinski definition) is 0. The van der Waals surface area contributed by atoms with Gasteiger partial charge in [-0.3, -0.25) is 0 Å². The van der Waals surface area contributed by atoms with Crippen molar-refractivity contribution in [1.82, 2.24) is 20.2 Å². The molecule has 6 nitrogen and oxygen atoms in total. The minimum Gasteiger partial charge on any atom is -0.352 e. The Bertz CT molecular complexity index is 835. The third kappa shape index (κ3) is 3.39. The van der Waals surface area contributed by atoms with Crippen molar-refractivity contribution < 1.29 is 0 Å². The third-order valence-corrected chi connectivity index (χ3v) is 4.51. The smallest absolute Gasteiger partial charge is 0.225 e. The summed E-state index contributed by atoms with van der Waals surface area (Å²) in [7, 11) is 0. The van der Waals surface area contributed by atoms with Crippen LogP contribution in [0.5, 0.6) is 0 Å². The van der Waals surface area contributed by atoms with Crippen LogP contribution in [-0.4, -0.2) is 46.3 Å². The summed E-state index contributed by atoms with van der Waals surface area (Å²) in [5.41, 5.74) is 1.68. The zero-order valence-corrected chi connectivity index (χ0v) is 14.3. The number of benzene rings is 1. The van der Waals surface area contributed by atoms with Crippen LogP contribution in [0.25, 0.3) is 11.3 Å². The van der Waals surface area contributed by atoms with Crippen LogP contribution in [0.1, 0.15) is 0 Å². The molecule has 3 heterocycles. The van der Waals surface area contributed by atoms with Gasteiger partial charge in [0.2, 0.25) is 5.95 Å². The van der Waals surface area contributed by atoms with Crippen molar-refractivity contribution in [2.75, 3.05) is 36.0 Å². The summed E-state index contributed by atoms with van der Waals surface area (Å²) in [5.74, 6) is 1.57. The van der Waals surface area contributed by atoms with E-state index in [1.54, 1.807) is 12.4 Å². The molecule has 1 fully saturated rings. The Morgan fingerprint density at radius 1 is 0.800 bits per heavy atom. The van der Waals surface area contributed by atoms with Crippen molar-refractivity contribution in [3.63, 3.8) is 0 Å². The molecule has 4 rings (SSSR count). The second kappa shape index (κ2) is 7.03. The van der Waals surface area contributed by atoms with Crippen LogP contribution in [0.2, 0.25) is 5.02 Å². The molecule has 0 atom stereocenters. The fourth-order valence-electron chi connectivity index (χ4n) is 2.90. The average Bonchev–Trinajstić information content (AvgIpc) is 2.69. The first-order valence-corrected chi connectivity index (χ1v) is 8.54. The highest BCUT2D eigenvalue weighted by Gasteiger charge is 2.21. The van der Waals surface area contributed by atoms with E-state index in [1.807, 2.05) is 42.5 Å². The molecule has 1 aromatic carbocycles. The summed E-state index contributed by atoms with van der Waals surface area (Å²) < 4.78 is 0. The van der Waals surface area contributed by atoms with Gasteiger partial charge >= 0.3 is 0 Å². The number of piperazine rings is 1. The Morgan fingerprint density at radius 2 is 1.48 bits per heavy atom. The van der Waals surface area contributed by atoms with Crippen LogP contribution in [0.3, 0.4) is 0 Å². The molecular formula is C18H17ClN6. The monoisotopic (exact) mass is 352 g/mol. The van der Waals surface area contributed by atoms with Gasteiger partial charge in [0, 0.05) is 50.2 Å². The lowest BCUT2D eigenvalue weighted by Gasteiger charge is -2.35. The molecule has 0 spiro atoms. The quantitative estimate of drug-likeness (QED) is 0.722. The van der Waals surface area contributed by atoms with E-state index in [-0.39, 0.29) is 0 Å². The van der Waals surface area contributed by atoms with Crippen molar-refractivity contribution in [1.29, 1.82) is 0 Å². The maximum atomic E-state index is 6.45. The van der Waals surface area contributed by atoms with Gasteiger partial charge < -0.3 is 9.80 Å². The number of aromatic nitrogens is 4. The number of halogens is 1. The van der Waals surface area contributed by atoms with Gasteiger partial charge in [-0.1, -0.05) is 41.9 Å².